The van der Waals surface area contributed by atoms with E-state index in [0.717, 1.165) is 27.7 Å². The molecule has 0 fully saturated rings. The fourth-order valence-corrected chi connectivity index (χ4v) is 3.72. The Balaban J connectivity index is 1.60. The van der Waals surface area contributed by atoms with Crippen molar-refractivity contribution in [2.75, 3.05) is 11.9 Å². The Bertz CT molecular complexity index is 1260. The van der Waals surface area contributed by atoms with Gasteiger partial charge in [0.2, 0.25) is 11.5 Å². The Morgan fingerprint density at radius 1 is 1.14 bits per heavy atom. The number of pyridine rings is 1. The minimum atomic E-state index is -0.284. The van der Waals surface area contributed by atoms with Crippen LogP contribution in [0.2, 0.25) is 0 Å². The number of hydrogen-bond donors (Lipinski definition) is 2. The maximum absolute atomic E-state index is 13.4. The molecule has 8 heteroatoms. The van der Waals surface area contributed by atoms with Crippen molar-refractivity contribution in [2.24, 2.45) is 0 Å². The monoisotopic (exact) mass is 391 g/mol. The predicted octanol–water partition coefficient (Wildman–Crippen LogP) is 3.43. The molecule has 1 aliphatic rings. The number of H-pyrrole nitrogens is 1. The van der Waals surface area contributed by atoms with Crippen molar-refractivity contribution in [1.29, 1.82) is 0 Å². The smallest absolute Gasteiger partial charge is 0.248 e. The van der Waals surface area contributed by atoms with Gasteiger partial charge in [0.15, 0.2) is 5.82 Å². The summed E-state index contributed by atoms with van der Waals surface area (Å²) in [7, 11) is 0. The number of aryl methyl sites for hydroxylation is 1. The number of anilines is 2. The van der Waals surface area contributed by atoms with E-state index in [1.54, 1.807) is 18.2 Å². The Morgan fingerprint density at radius 3 is 2.79 bits per heavy atom. The molecule has 3 heterocycles. The van der Waals surface area contributed by atoms with E-state index in [1.807, 2.05) is 23.6 Å². The van der Waals surface area contributed by atoms with Crippen molar-refractivity contribution in [2.45, 2.75) is 19.6 Å². The third kappa shape index (κ3) is 3.07. The van der Waals surface area contributed by atoms with Gasteiger partial charge in [0.25, 0.3) is 0 Å². The van der Waals surface area contributed by atoms with Gasteiger partial charge in [-0.1, -0.05) is 18.2 Å². The Morgan fingerprint density at radius 2 is 1.97 bits per heavy atom. The largest absolute Gasteiger partial charge is 0.371 e. The second kappa shape index (κ2) is 6.82. The number of nitrogens with zero attached hydrogens (tertiary/aromatic N) is 3. The van der Waals surface area contributed by atoms with Crippen LogP contribution in [0.15, 0.2) is 53.3 Å². The minimum Gasteiger partial charge on any atom is -0.371 e. The first kappa shape index (κ1) is 17.6. The molecule has 0 amide bonds. The first-order valence-electron chi connectivity index (χ1n) is 9.27. The average molecular weight is 391 g/mol. The van der Waals surface area contributed by atoms with Crippen LogP contribution in [0.5, 0.6) is 0 Å². The number of halogens is 1. The minimum absolute atomic E-state index is 0.152. The SMILES string of the molecule is Cc1ccc2[nH]c(=O)ccc2c1Nc1nnc2n1[C@H](c1ccc(F)cc1)COC2. The molecule has 2 aromatic carbocycles. The molecule has 0 saturated carbocycles. The number of fused-ring (bicyclic) bond motifs is 2. The molecule has 0 unspecified atom stereocenters. The molecule has 1 atom stereocenters. The van der Waals surface area contributed by atoms with Crippen LogP contribution in [0, 0.1) is 12.7 Å². The van der Waals surface area contributed by atoms with E-state index in [1.165, 1.54) is 18.2 Å². The molecular formula is C21H18FN5O2. The van der Waals surface area contributed by atoms with E-state index in [-0.39, 0.29) is 17.4 Å². The van der Waals surface area contributed by atoms with Crippen LogP contribution in [0.25, 0.3) is 10.9 Å². The molecule has 0 aliphatic carbocycles. The van der Waals surface area contributed by atoms with Gasteiger partial charge in [-0.05, 0) is 42.3 Å². The maximum Gasteiger partial charge on any atom is 0.248 e. The highest BCUT2D eigenvalue weighted by molar-refractivity contribution is 5.94. The summed E-state index contributed by atoms with van der Waals surface area (Å²) in [4.78, 5) is 14.5. The van der Waals surface area contributed by atoms with Gasteiger partial charge in [0.1, 0.15) is 12.4 Å². The summed E-state index contributed by atoms with van der Waals surface area (Å²) in [5, 5.41) is 12.9. The fraction of sp³-hybridized carbons (Fsp3) is 0.190. The number of aromatic amines is 1. The van der Waals surface area contributed by atoms with E-state index in [9.17, 15) is 9.18 Å². The van der Waals surface area contributed by atoms with Crippen molar-refractivity contribution in [1.82, 2.24) is 19.7 Å². The lowest BCUT2D eigenvalue weighted by Crippen LogP contribution is -2.25. The van der Waals surface area contributed by atoms with Crippen molar-refractivity contribution in [3.05, 3.63) is 81.7 Å². The van der Waals surface area contributed by atoms with Crippen molar-refractivity contribution in [3.8, 4) is 0 Å². The van der Waals surface area contributed by atoms with Gasteiger partial charge < -0.3 is 15.0 Å². The van der Waals surface area contributed by atoms with Gasteiger partial charge in [0, 0.05) is 11.5 Å². The number of hydrogen-bond acceptors (Lipinski definition) is 5. The normalized spacial score (nSPS) is 16.0. The zero-order chi connectivity index (χ0) is 20.0. The van der Waals surface area contributed by atoms with E-state index >= 15 is 0 Å². The zero-order valence-corrected chi connectivity index (χ0v) is 15.6. The molecule has 2 aromatic heterocycles. The lowest BCUT2D eigenvalue weighted by Gasteiger charge is -2.27. The summed E-state index contributed by atoms with van der Waals surface area (Å²) < 4.78 is 21.0. The van der Waals surface area contributed by atoms with Crippen LogP contribution >= 0.6 is 0 Å². The lowest BCUT2D eigenvalue weighted by molar-refractivity contribution is 0.0670. The first-order chi connectivity index (χ1) is 14.1. The second-order valence-electron chi connectivity index (χ2n) is 7.06. The molecule has 29 heavy (non-hydrogen) atoms. The second-order valence-corrected chi connectivity index (χ2v) is 7.06. The van der Waals surface area contributed by atoms with Crippen LogP contribution < -0.4 is 10.9 Å². The zero-order valence-electron chi connectivity index (χ0n) is 15.6. The van der Waals surface area contributed by atoms with Gasteiger partial charge in [-0.25, -0.2) is 4.39 Å². The maximum atomic E-state index is 13.4. The number of benzene rings is 2. The number of aromatic nitrogens is 4. The fourth-order valence-electron chi connectivity index (χ4n) is 3.72. The van der Waals surface area contributed by atoms with Crippen molar-refractivity contribution in [3.63, 3.8) is 0 Å². The molecule has 5 rings (SSSR count). The number of ether oxygens (including phenoxy) is 1. The van der Waals surface area contributed by atoms with E-state index in [4.69, 9.17) is 4.74 Å². The lowest BCUT2D eigenvalue weighted by atomic mass is 10.1. The van der Waals surface area contributed by atoms with Crippen LogP contribution in [-0.4, -0.2) is 26.4 Å². The molecular weight excluding hydrogens is 373 g/mol. The quantitative estimate of drug-likeness (QED) is 0.559. The molecule has 1 aliphatic heterocycles. The molecule has 146 valence electrons. The Kier molecular flexibility index (Phi) is 4.13. The summed E-state index contributed by atoms with van der Waals surface area (Å²) in [5.74, 6) is 0.979. The third-order valence-corrected chi connectivity index (χ3v) is 5.19. The Hall–Kier alpha value is -3.52. The van der Waals surface area contributed by atoms with Crippen molar-refractivity contribution < 1.29 is 9.13 Å². The summed E-state index contributed by atoms with van der Waals surface area (Å²) >= 11 is 0. The molecule has 0 saturated heterocycles. The standard InChI is InChI=1S/C21H18FN5O2/c1-12-2-8-16-15(7-9-19(28)23-16)20(12)24-21-26-25-18-11-29-10-17(27(18)21)13-3-5-14(22)6-4-13/h2-9,17H,10-11H2,1H3,(H,23,28)(H,24,26)/t17-/m0/s1. The predicted molar refractivity (Wildman–Crippen MR) is 107 cm³/mol. The van der Waals surface area contributed by atoms with Gasteiger partial charge in [0.05, 0.1) is 23.9 Å². The molecule has 0 bridgehead atoms. The Labute approximate surface area is 165 Å². The van der Waals surface area contributed by atoms with Crippen molar-refractivity contribution >= 4 is 22.5 Å². The summed E-state index contributed by atoms with van der Waals surface area (Å²) in [5.41, 5.74) is 3.35. The van der Waals surface area contributed by atoms with Gasteiger partial charge in [-0.2, -0.15) is 0 Å². The summed E-state index contributed by atoms with van der Waals surface area (Å²) in [6.07, 6.45) is 0. The number of nitrogens with one attached hydrogen (secondary N) is 2. The molecule has 2 N–H and O–H groups in total. The summed E-state index contributed by atoms with van der Waals surface area (Å²) in [6, 6.07) is 13.3. The molecule has 0 spiro atoms. The number of rotatable bonds is 3. The van der Waals surface area contributed by atoms with Gasteiger partial charge >= 0.3 is 0 Å². The summed E-state index contributed by atoms with van der Waals surface area (Å²) in [6.45, 7) is 2.78. The first-order valence-corrected chi connectivity index (χ1v) is 9.27. The van der Waals surface area contributed by atoms with Crippen LogP contribution in [-0.2, 0) is 11.3 Å². The highest BCUT2D eigenvalue weighted by Gasteiger charge is 2.27. The van der Waals surface area contributed by atoms with E-state index in [0.29, 0.717) is 25.0 Å². The molecule has 4 aromatic rings. The van der Waals surface area contributed by atoms with Gasteiger partial charge in [-0.3, -0.25) is 9.36 Å². The van der Waals surface area contributed by atoms with Crippen LogP contribution in [0.4, 0.5) is 16.0 Å². The third-order valence-electron chi connectivity index (χ3n) is 5.19. The van der Waals surface area contributed by atoms with E-state index < -0.39 is 0 Å². The van der Waals surface area contributed by atoms with Crippen LogP contribution in [0.3, 0.4) is 0 Å². The van der Waals surface area contributed by atoms with Gasteiger partial charge in [-0.15, -0.1) is 10.2 Å². The van der Waals surface area contributed by atoms with Crippen LogP contribution in [0.1, 0.15) is 23.0 Å². The van der Waals surface area contributed by atoms with E-state index in [2.05, 4.69) is 20.5 Å². The average Bonchev–Trinajstić information content (AvgIpc) is 3.14. The molecule has 0 radical (unpaired) electrons. The highest BCUT2D eigenvalue weighted by Crippen LogP contribution is 2.32. The molecule has 7 nitrogen and oxygen atoms in total. The topological polar surface area (TPSA) is 84.8 Å². The highest BCUT2D eigenvalue weighted by atomic mass is 19.1.